The first-order valence-electron chi connectivity index (χ1n) is 10.4. The molecule has 2 aromatic heterocycles. The minimum Gasteiger partial charge on any atom is -0.335 e. The second-order valence-electron chi connectivity index (χ2n) is 8.22. The maximum absolute atomic E-state index is 14.0. The van der Waals surface area contributed by atoms with Gasteiger partial charge in [-0.1, -0.05) is 0 Å². The van der Waals surface area contributed by atoms with Crippen molar-refractivity contribution in [3.63, 3.8) is 0 Å². The minimum atomic E-state index is -4.47. The third-order valence-corrected chi connectivity index (χ3v) is 5.68. The third kappa shape index (κ3) is 5.47. The number of aromatic nitrogens is 3. The van der Waals surface area contributed by atoms with Crippen molar-refractivity contribution in [3.8, 4) is 0 Å². The van der Waals surface area contributed by atoms with Gasteiger partial charge in [-0.3, -0.25) is 4.98 Å². The molecule has 31 heavy (non-hydrogen) atoms. The van der Waals surface area contributed by atoms with Crippen LogP contribution in [-0.4, -0.2) is 47.1 Å². The summed E-state index contributed by atoms with van der Waals surface area (Å²) >= 11 is 0. The van der Waals surface area contributed by atoms with Crippen LogP contribution in [0.25, 0.3) is 0 Å². The van der Waals surface area contributed by atoms with E-state index in [1.807, 2.05) is 0 Å². The van der Waals surface area contributed by atoms with Gasteiger partial charge in [0.1, 0.15) is 0 Å². The number of hydrogen-bond acceptors (Lipinski definition) is 5. The summed E-state index contributed by atoms with van der Waals surface area (Å²) in [5.74, 6) is -2.49. The fourth-order valence-corrected chi connectivity index (χ4v) is 4.12. The zero-order valence-corrected chi connectivity index (χ0v) is 16.9. The Bertz CT molecular complexity index is 911. The second kappa shape index (κ2) is 8.64. The molecule has 0 bridgehead atoms. The highest BCUT2D eigenvalue weighted by molar-refractivity contribution is 5.36. The SMILES string of the molecule is FC1(F)CCCN(c2nc(Cc3cc(C(F)(F)F)ccn3)cc(C3CCCNC3)n2)C1. The lowest BCUT2D eigenvalue weighted by Gasteiger charge is -2.33. The van der Waals surface area contributed by atoms with Crippen molar-refractivity contribution >= 4 is 5.95 Å². The van der Waals surface area contributed by atoms with Crippen molar-refractivity contribution in [2.24, 2.45) is 0 Å². The van der Waals surface area contributed by atoms with Crippen molar-refractivity contribution in [1.29, 1.82) is 0 Å². The molecule has 2 aliphatic heterocycles. The van der Waals surface area contributed by atoms with Crippen molar-refractivity contribution in [2.45, 2.75) is 50.1 Å². The van der Waals surface area contributed by atoms with Gasteiger partial charge >= 0.3 is 6.18 Å². The van der Waals surface area contributed by atoms with Gasteiger partial charge in [0.15, 0.2) is 0 Å². The molecule has 1 atom stereocenters. The number of hydrogen-bond donors (Lipinski definition) is 1. The van der Waals surface area contributed by atoms with Gasteiger partial charge in [-0.15, -0.1) is 0 Å². The molecule has 2 saturated heterocycles. The number of rotatable bonds is 4. The van der Waals surface area contributed by atoms with E-state index in [2.05, 4.69) is 20.3 Å². The molecule has 4 heterocycles. The smallest absolute Gasteiger partial charge is 0.335 e. The van der Waals surface area contributed by atoms with E-state index >= 15 is 0 Å². The standard InChI is InChI=1S/C21H24F5N5/c22-20(23)5-2-8-31(13-20)19-29-17(11-18(30-19)14-3-1-6-27-12-14)10-16-9-15(4-7-28-16)21(24,25)26/h4,7,9,11,14,27H,1-3,5-6,8,10,12-13H2. The lowest BCUT2D eigenvalue weighted by Crippen LogP contribution is -2.43. The Morgan fingerprint density at radius 1 is 1.13 bits per heavy atom. The van der Waals surface area contributed by atoms with Crippen molar-refractivity contribution in [3.05, 3.63) is 47.0 Å². The number of pyridine rings is 1. The van der Waals surface area contributed by atoms with Crippen LogP contribution in [0.2, 0.25) is 0 Å². The fourth-order valence-electron chi connectivity index (χ4n) is 4.12. The number of halogens is 5. The molecule has 0 aliphatic carbocycles. The quantitative estimate of drug-likeness (QED) is 0.722. The van der Waals surface area contributed by atoms with Gasteiger partial charge in [0, 0.05) is 43.7 Å². The van der Waals surface area contributed by atoms with E-state index in [0.29, 0.717) is 25.2 Å². The summed E-state index contributed by atoms with van der Waals surface area (Å²) in [6.45, 7) is 1.59. The van der Waals surface area contributed by atoms with Gasteiger partial charge in [-0.05, 0) is 44.0 Å². The predicted molar refractivity (Wildman–Crippen MR) is 105 cm³/mol. The van der Waals surface area contributed by atoms with Gasteiger partial charge in [0.05, 0.1) is 23.5 Å². The van der Waals surface area contributed by atoms with E-state index < -0.39 is 24.2 Å². The molecule has 0 aromatic carbocycles. The first kappa shape index (κ1) is 21.9. The van der Waals surface area contributed by atoms with Crippen LogP contribution >= 0.6 is 0 Å². The summed E-state index contributed by atoms with van der Waals surface area (Å²) in [5, 5.41) is 3.31. The Morgan fingerprint density at radius 3 is 2.68 bits per heavy atom. The summed E-state index contributed by atoms with van der Waals surface area (Å²) in [4.78, 5) is 14.6. The average molecular weight is 441 g/mol. The summed E-state index contributed by atoms with van der Waals surface area (Å²) in [5.41, 5.74) is 0.648. The minimum absolute atomic E-state index is 0.0663. The summed E-state index contributed by atoms with van der Waals surface area (Å²) in [6.07, 6.45) is -1.24. The Hall–Kier alpha value is -2.36. The first-order valence-corrected chi connectivity index (χ1v) is 10.4. The van der Waals surface area contributed by atoms with E-state index in [1.54, 1.807) is 6.07 Å². The molecular weight excluding hydrogens is 417 g/mol. The number of alkyl halides is 5. The highest BCUT2D eigenvalue weighted by Gasteiger charge is 2.36. The van der Waals surface area contributed by atoms with Crippen LogP contribution in [0.5, 0.6) is 0 Å². The lowest BCUT2D eigenvalue weighted by molar-refractivity contribution is -0.137. The zero-order valence-electron chi connectivity index (χ0n) is 16.9. The molecule has 1 N–H and O–H groups in total. The molecular formula is C21H24F5N5. The molecule has 168 valence electrons. The monoisotopic (exact) mass is 441 g/mol. The molecule has 5 nitrogen and oxygen atoms in total. The maximum atomic E-state index is 14.0. The van der Waals surface area contributed by atoms with Gasteiger partial charge in [-0.2, -0.15) is 13.2 Å². The van der Waals surface area contributed by atoms with Crippen LogP contribution in [0.4, 0.5) is 27.9 Å². The van der Waals surface area contributed by atoms with E-state index in [4.69, 9.17) is 0 Å². The Balaban J connectivity index is 1.66. The molecule has 2 aromatic rings. The van der Waals surface area contributed by atoms with E-state index in [-0.39, 0.29) is 30.4 Å². The molecule has 0 amide bonds. The summed E-state index contributed by atoms with van der Waals surface area (Å²) in [6, 6.07) is 3.69. The summed E-state index contributed by atoms with van der Waals surface area (Å²) < 4.78 is 67.1. The fraction of sp³-hybridized carbons (Fsp3) is 0.571. The highest BCUT2D eigenvalue weighted by atomic mass is 19.4. The van der Waals surface area contributed by atoms with Gasteiger partial charge in [0.2, 0.25) is 5.95 Å². The normalized spacial score (nSPS) is 21.8. The van der Waals surface area contributed by atoms with Gasteiger partial charge in [0.25, 0.3) is 5.92 Å². The first-order chi connectivity index (χ1) is 14.7. The van der Waals surface area contributed by atoms with Crippen molar-refractivity contribution < 1.29 is 22.0 Å². The molecule has 2 aliphatic rings. The van der Waals surface area contributed by atoms with Gasteiger partial charge < -0.3 is 10.2 Å². The Kier molecular flexibility index (Phi) is 6.09. The van der Waals surface area contributed by atoms with E-state index in [9.17, 15) is 22.0 Å². The van der Waals surface area contributed by atoms with Crippen LogP contribution in [0.1, 0.15) is 54.2 Å². The largest absolute Gasteiger partial charge is 0.416 e. The van der Waals surface area contributed by atoms with Crippen molar-refractivity contribution in [2.75, 3.05) is 31.1 Å². The third-order valence-electron chi connectivity index (χ3n) is 5.68. The average Bonchev–Trinajstić information content (AvgIpc) is 2.73. The second-order valence-corrected chi connectivity index (χ2v) is 8.22. The maximum Gasteiger partial charge on any atom is 0.416 e. The van der Waals surface area contributed by atoms with Crippen LogP contribution in [0, 0.1) is 0 Å². The molecule has 4 rings (SSSR count). The number of anilines is 1. The van der Waals surface area contributed by atoms with Crippen LogP contribution < -0.4 is 10.2 Å². The lowest BCUT2D eigenvalue weighted by atomic mass is 9.95. The molecule has 1 unspecified atom stereocenters. The summed E-state index contributed by atoms with van der Waals surface area (Å²) in [7, 11) is 0. The van der Waals surface area contributed by atoms with E-state index in [1.165, 1.54) is 4.90 Å². The molecule has 0 saturated carbocycles. The van der Waals surface area contributed by atoms with E-state index in [0.717, 1.165) is 43.4 Å². The topological polar surface area (TPSA) is 53.9 Å². The molecule has 0 spiro atoms. The zero-order chi connectivity index (χ0) is 22.1. The molecule has 10 heteroatoms. The molecule has 2 fully saturated rings. The Labute approximate surface area is 177 Å². The van der Waals surface area contributed by atoms with Crippen LogP contribution in [0.15, 0.2) is 24.4 Å². The molecule has 0 radical (unpaired) electrons. The number of nitrogens with zero attached hydrogens (tertiary/aromatic N) is 4. The van der Waals surface area contributed by atoms with Crippen molar-refractivity contribution in [1.82, 2.24) is 20.3 Å². The number of nitrogens with one attached hydrogen (secondary N) is 1. The van der Waals surface area contributed by atoms with Crippen LogP contribution in [-0.2, 0) is 12.6 Å². The Morgan fingerprint density at radius 2 is 1.97 bits per heavy atom. The predicted octanol–water partition coefficient (Wildman–Crippen LogP) is 4.18. The number of piperidine rings is 2. The van der Waals surface area contributed by atoms with Crippen LogP contribution in [0.3, 0.4) is 0 Å². The van der Waals surface area contributed by atoms with Gasteiger partial charge in [-0.25, -0.2) is 18.7 Å². The highest BCUT2D eigenvalue weighted by Crippen LogP contribution is 2.32.